The highest BCUT2D eigenvalue weighted by atomic mass is 19.1. The molecule has 3 rings (SSSR count). The molecule has 0 spiro atoms. The number of rotatable bonds is 5. The predicted octanol–water partition coefficient (Wildman–Crippen LogP) is 2.88. The number of carbonyl (C=O) groups is 1. The lowest BCUT2D eigenvalue weighted by molar-refractivity contribution is -0.132. The van der Waals surface area contributed by atoms with Gasteiger partial charge in [-0.2, -0.15) is 0 Å². The summed E-state index contributed by atoms with van der Waals surface area (Å²) < 4.78 is 29.5. The molecular formula is C18H20F2N2O2. The van der Waals surface area contributed by atoms with E-state index in [1.165, 1.54) is 4.90 Å². The molecule has 2 heterocycles. The maximum absolute atomic E-state index is 14.0. The number of nitrogens with zero attached hydrogens (tertiary/aromatic N) is 2. The van der Waals surface area contributed by atoms with Crippen molar-refractivity contribution in [2.24, 2.45) is 0 Å². The molecule has 2 unspecified atom stereocenters. The van der Waals surface area contributed by atoms with Gasteiger partial charge in [-0.1, -0.05) is 0 Å². The van der Waals surface area contributed by atoms with Crippen LogP contribution in [-0.4, -0.2) is 33.1 Å². The first kappa shape index (κ1) is 16.6. The minimum Gasteiger partial charge on any atom is -0.391 e. The van der Waals surface area contributed by atoms with E-state index in [0.29, 0.717) is 19.4 Å². The van der Waals surface area contributed by atoms with Crippen LogP contribution in [0.3, 0.4) is 0 Å². The van der Waals surface area contributed by atoms with E-state index in [9.17, 15) is 18.7 Å². The van der Waals surface area contributed by atoms with Crippen LogP contribution in [-0.2, 0) is 11.3 Å². The topological polar surface area (TPSA) is 45.5 Å². The van der Waals surface area contributed by atoms with Crippen molar-refractivity contribution in [3.63, 3.8) is 0 Å². The highest BCUT2D eigenvalue weighted by Gasteiger charge is 2.36. The first-order valence-electron chi connectivity index (χ1n) is 8.08. The monoisotopic (exact) mass is 334 g/mol. The number of aromatic nitrogens is 1. The molecule has 24 heavy (non-hydrogen) atoms. The predicted molar refractivity (Wildman–Crippen MR) is 85.1 cm³/mol. The summed E-state index contributed by atoms with van der Waals surface area (Å²) >= 11 is 0. The third kappa shape index (κ3) is 3.64. The van der Waals surface area contributed by atoms with E-state index in [0.717, 1.165) is 18.2 Å². The number of aliphatic hydroxyl groups is 1. The zero-order valence-corrected chi connectivity index (χ0v) is 13.2. The minimum atomic E-state index is -0.717. The number of halogens is 2. The molecule has 0 radical (unpaired) electrons. The minimum absolute atomic E-state index is 0.130. The van der Waals surface area contributed by atoms with Gasteiger partial charge in [0.25, 0.3) is 0 Å². The highest BCUT2D eigenvalue weighted by molar-refractivity contribution is 5.77. The number of amides is 1. The Morgan fingerprint density at radius 3 is 2.75 bits per heavy atom. The van der Waals surface area contributed by atoms with Crippen LogP contribution in [0.25, 0.3) is 0 Å². The zero-order valence-electron chi connectivity index (χ0n) is 13.2. The molecule has 1 N–H and O–H groups in total. The Morgan fingerprint density at radius 2 is 2.00 bits per heavy atom. The number of hydrogen-bond donors (Lipinski definition) is 1. The molecule has 4 nitrogen and oxygen atoms in total. The lowest BCUT2D eigenvalue weighted by Gasteiger charge is -2.25. The van der Waals surface area contributed by atoms with Crippen LogP contribution in [0.15, 0.2) is 42.7 Å². The summed E-state index contributed by atoms with van der Waals surface area (Å²) in [5.74, 6) is -1.25. The average Bonchev–Trinajstić information content (AvgIpc) is 3.19. The van der Waals surface area contributed by atoms with Crippen molar-refractivity contribution in [3.05, 3.63) is 59.9 Å². The molecule has 1 amide bonds. The van der Waals surface area contributed by atoms with Crippen molar-refractivity contribution in [1.82, 2.24) is 9.47 Å². The van der Waals surface area contributed by atoms with Gasteiger partial charge in [0.1, 0.15) is 11.6 Å². The Kier molecular flexibility index (Phi) is 4.94. The second-order valence-corrected chi connectivity index (χ2v) is 6.14. The summed E-state index contributed by atoms with van der Waals surface area (Å²) in [4.78, 5) is 14.0. The quantitative estimate of drug-likeness (QED) is 0.914. The van der Waals surface area contributed by atoms with Crippen molar-refractivity contribution in [1.29, 1.82) is 0 Å². The van der Waals surface area contributed by atoms with Gasteiger partial charge in [0, 0.05) is 37.5 Å². The third-order valence-electron chi connectivity index (χ3n) is 4.39. The standard InChI is InChI=1S/C18H20F2N2O2/c19-13-5-6-16(20)15(10-13)17-11-14(23)12-22(17)18(24)4-3-9-21-7-1-2-8-21/h1-2,5-8,10,14,17,23H,3-4,9,11-12H2. The number of carbonyl (C=O) groups excluding carboxylic acids is 1. The van der Waals surface area contributed by atoms with Crippen LogP contribution >= 0.6 is 0 Å². The normalized spacial score (nSPS) is 20.5. The Morgan fingerprint density at radius 1 is 1.25 bits per heavy atom. The lowest BCUT2D eigenvalue weighted by atomic mass is 10.0. The third-order valence-corrected chi connectivity index (χ3v) is 4.39. The van der Waals surface area contributed by atoms with Gasteiger partial charge in [-0.15, -0.1) is 0 Å². The van der Waals surface area contributed by atoms with Crippen LogP contribution in [0.5, 0.6) is 0 Å². The van der Waals surface area contributed by atoms with Gasteiger partial charge in [-0.25, -0.2) is 8.78 Å². The summed E-state index contributed by atoms with van der Waals surface area (Å²) in [5.41, 5.74) is 0.130. The van der Waals surface area contributed by atoms with Gasteiger partial charge in [-0.3, -0.25) is 4.79 Å². The van der Waals surface area contributed by atoms with Gasteiger partial charge in [0.15, 0.2) is 0 Å². The second kappa shape index (κ2) is 7.13. The Hall–Kier alpha value is -2.21. The van der Waals surface area contributed by atoms with Crippen molar-refractivity contribution in [2.75, 3.05) is 6.54 Å². The molecule has 0 aliphatic carbocycles. The molecule has 6 heteroatoms. The average molecular weight is 334 g/mol. The van der Waals surface area contributed by atoms with E-state index in [-0.39, 0.29) is 24.4 Å². The number of β-amino-alcohol motifs (C(OH)–C–C–N with tert-alkyl or cyclic N) is 1. The van der Waals surface area contributed by atoms with Crippen molar-refractivity contribution < 1.29 is 18.7 Å². The lowest BCUT2D eigenvalue weighted by Crippen LogP contribution is -2.32. The Bertz CT molecular complexity index is 703. The van der Waals surface area contributed by atoms with Gasteiger partial charge in [0.2, 0.25) is 5.91 Å². The SMILES string of the molecule is O=C(CCCn1cccc1)N1CC(O)CC1c1cc(F)ccc1F. The number of benzene rings is 1. The highest BCUT2D eigenvalue weighted by Crippen LogP contribution is 2.34. The molecule has 1 aliphatic rings. The Labute approximate surface area is 139 Å². The van der Waals surface area contributed by atoms with E-state index in [1.807, 2.05) is 29.1 Å². The molecule has 0 saturated carbocycles. The molecule has 1 saturated heterocycles. The maximum atomic E-state index is 14.0. The molecule has 1 aliphatic heterocycles. The number of hydrogen-bond acceptors (Lipinski definition) is 2. The molecule has 1 aromatic heterocycles. The van der Waals surface area contributed by atoms with Crippen molar-refractivity contribution in [2.45, 2.75) is 38.0 Å². The summed E-state index contributed by atoms with van der Waals surface area (Å²) in [7, 11) is 0. The Balaban J connectivity index is 1.68. The maximum Gasteiger partial charge on any atom is 0.223 e. The van der Waals surface area contributed by atoms with E-state index < -0.39 is 23.8 Å². The van der Waals surface area contributed by atoms with Crippen LogP contribution in [0.4, 0.5) is 8.78 Å². The molecular weight excluding hydrogens is 314 g/mol. The first-order valence-corrected chi connectivity index (χ1v) is 8.08. The van der Waals surface area contributed by atoms with Crippen LogP contribution in [0.2, 0.25) is 0 Å². The molecule has 1 aromatic carbocycles. The first-order chi connectivity index (χ1) is 11.5. The van der Waals surface area contributed by atoms with Gasteiger partial charge in [-0.05, 0) is 43.2 Å². The van der Waals surface area contributed by atoms with Crippen LogP contribution in [0.1, 0.15) is 30.9 Å². The van der Waals surface area contributed by atoms with Crippen molar-refractivity contribution in [3.8, 4) is 0 Å². The molecule has 2 aromatic rings. The zero-order chi connectivity index (χ0) is 17.1. The smallest absolute Gasteiger partial charge is 0.223 e. The van der Waals surface area contributed by atoms with Gasteiger partial charge in [0.05, 0.1) is 12.1 Å². The van der Waals surface area contributed by atoms with E-state index in [2.05, 4.69) is 0 Å². The van der Waals surface area contributed by atoms with Crippen LogP contribution < -0.4 is 0 Å². The summed E-state index contributed by atoms with van der Waals surface area (Å²) in [6.45, 7) is 0.872. The molecule has 0 bridgehead atoms. The summed E-state index contributed by atoms with van der Waals surface area (Å²) in [6, 6.07) is 6.44. The summed E-state index contributed by atoms with van der Waals surface area (Å²) in [6.07, 6.45) is 4.32. The van der Waals surface area contributed by atoms with Crippen molar-refractivity contribution >= 4 is 5.91 Å². The fourth-order valence-electron chi connectivity index (χ4n) is 3.23. The van der Waals surface area contributed by atoms with Gasteiger partial charge >= 0.3 is 0 Å². The fourth-order valence-corrected chi connectivity index (χ4v) is 3.23. The number of likely N-dealkylation sites (tertiary alicyclic amines) is 1. The largest absolute Gasteiger partial charge is 0.391 e. The number of aryl methyl sites for hydroxylation is 1. The van der Waals surface area contributed by atoms with Crippen LogP contribution in [0, 0.1) is 11.6 Å². The van der Waals surface area contributed by atoms with Gasteiger partial charge < -0.3 is 14.6 Å². The van der Waals surface area contributed by atoms with E-state index in [1.54, 1.807) is 0 Å². The molecule has 1 fully saturated rings. The second-order valence-electron chi connectivity index (χ2n) is 6.14. The molecule has 2 atom stereocenters. The van der Waals surface area contributed by atoms with E-state index >= 15 is 0 Å². The number of aliphatic hydroxyl groups excluding tert-OH is 1. The molecule has 128 valence electrons. The van der Waals surface area contributed by atoms with E-state index in [4.69, 9.17) is 0 Å². The summed E-state index contributed by atoms with van der Waals surface area (Å²) in [5, 5.41) is 9.90. The fraction of sp³-hybridized carbons (Fsp3) is 0.389.